The Labute approximate surface area is 83.8 Å². The molecule has 2 aromatic rings. The number of rotatable bonds is 0. The Morgan fingerprint density at radius 1 is 1.21 bits per heavy atom. The Morgan fingerprint density at radius 3 is 2.57 bits per heavy atom. The lowest BCUT2D eigenvalue weighted by molar-refractivity contribution is 0.408. The van der Waals surface area contributed by atoms with Crippen molar-refractivity contribution in [1.82, 2.24) is 14.5 Å². The Bertz CT molecular complexity index is 463. The van der Waals surface area contributed by atoms with Gasteiger partial charge < -0.3 is 4.57 Å². The summed E-state index contributed by atoms with van der Waals surface area (Å²) in [5.41, 5.74) is 3.22. The second-order valence-corrected chi connectivity index (χ2v) is 4.55. The highest BCUT2D eigenvalue weighted by molar-refractivity contribution is 5.77. The fraction of sp³-hybridized carbons (Fsp3) is 0.455. The monoisotopic (exact) mass is 189 g/mol. The molecule has 0 amide bonds. The van der Waals surface area contributed by atoms with Gasteiger partial charge >= 0.3 is 0 Å². The van der Waals surface area contributed by atoms with E-state index in [0.29, 0.717) is 0 Å². The summed E-state index contributed by atoms with van der Waals surface area (Å²) in [5.74, 6) is 0. The summed E-state index contributed by atoms with van der Waals surface area (Å²) < 4.78 is 2.18. The van der Waals surface area contributed by atoms with Gasteiger partial charge in [-0.25, -0.2) is 4.98 Å². The van der Waals surface area contributed by atoms with Crippen LogP contribution in [-0.4, -0.2) is 14.5 Å². The van der Waals surface area contributed by atoms with Crippen LogP contribution in [0.25, 0.3) is 11.0 Å². The molecule has 14 heavy (non-hydrogen) atoms. The van der Waals surface area contributed by atoms with E-state index in [1.807, 2.05) is 25.5 Å². The predicted octanol–water partition coefficient (Wildman–Crippen LogP) is 2.49. The minimum Gasteiger partial charge on any atom is -0.325 e. The number of aryl methyl sites for hydroxylation is 1. The Kier molecular flexibility index (Phi) is 1.84. The molecule has 2 aromatic heterocycles. The summed E-state index contributed by atoms with van der Waals surface area (Å²) in [5, 5.41) is 0. The molecule has 2 rings (SSSR count). The number of hydrogen-bond acceptors (Lipinski definition) is 2. The zero-order valence-electron chi connectivity index (χ0n) is 9.07. The lowest BCUT2D eigenvalue weighted by Gasteiger charge is -2.21. The van der Waals surface area contributed by atoms with Gasteiger partial charge in [-0.2, -0.15) is 0 Å². The van der Waals surface area contributed by atoms with Gasteiger partial charge in [-0.05, 0) is 33.8 Å². The quantitative estimate of drug-likeness (QED) is 0.637. The van der Waals surface area contributed by atoms with Crippen molar-refractivity contribution >= 4 is 11.0 Å². The third-order valence-corrected chi connectivity index (χ3v) is 2.37. The minimum atomic E-state index is 0.0720. The fourth-order valence-corrected chi connectivity index (χ4v) is 1.61. The molecule has 0 aliphatic carbocycles. The SMILES string of the molecule is Cc1nccc2c1ncn2C(C)(C)C. The lowest BCUT2D eigenvalue weighted by atomic mass is 10.1. The van der Waals surface area contributed by atoms with Crippen LogP contribution in [0.15, 0.2) is 18.6 Å². The molecule has 0 aliphatic heterocycles. The van der Waals surface area contributed by atoms with E-state index in [1.165, 1.54) is 0 Å². The van der Waals surface area contributed by atoms with Gasteiger partial charge in [0, 0.05) is 11.7 Å². The van der Waals surface area contributed by atoms with Crippen molar-refractivity contribution in [1.29, 1.82) is 0 Å². The smallest absolute Gasteiger partial charge is 0.110 e. The van der Waals surface area contributed by atoms with Crippen molar-refractivity contribution in [2.45, 2.75) is 33.2 Å². The van der Waals surface area contributed by atoms with Crippen LogP contribution < -0.4 is 0 Å². The normalized spacial score (nSPS) is 12.3. The van der Waals surface area contributed by atoms with E-state index in [4.69, 9.17) is 0 Å². The molecule has 0 radical (unpaired) electrons. The summed E-state index contributed by atoms with van der Waals surface area (Å²) in [6.07, 6.45) is 3.72. The van der Waals surface area contributed by atoms with Gasteiger partial charge in [0.25, 0.3) is 0 Å². The summed E-state index contributed by atoms with van der Waals surface area (Å²) in [6.45, 7) is 8.50. The van der Waals surface area contributed by atoms with Crippen LogP contribution in [0.1, 0.15) is 26.5 Å². The van der Waals surface area contributed by atoms with Gasteiger partial charge in [-0.1, -0.05) is 0 Å². The van der Waals surface area contributed by atoms with Crippen LogP contribution >= 0.6 is 0 Å². The molecule has 0 unspecified atom stereocenters. The molecule has 0 bridgehead atoms. The Balaban J connectivity index is 2.76. The number of imidazole rings is 1. The number of pyridine rings is 1. The van der Waals surface area contributed by atoms with Gasteiger partial charge in [-0.15, -0.1) is 0 Å². The van der Waals surface area contributed by atoms with E-state index >= 15 is 0 Å². The molecular formula is C11H15N3. The van der Waals surface area contributed by atoms with E-state index in [-0.39, 0.29) is 5.54 Å². The minimum absolute atomic E-state index is 0.0720. The second-order valence-electron chi connectivity index (χ2n) is 4.55. The summed E-state index contributed by atoms with van der Waals surface area (Å²) in [7, 11) is 0. The van der Waals surface area contributed by atoms with Crippen LogP contribution in [0.3, 0.4) is 0 Å². The van der Waals surface area contributed by atoms with E-state index < -0.39 is 0 Å². The first-order valence-corrected chi connectivity index (χ1v) is 4.79. The second kappa shape index (κ2) is 2.80. The molecule has 3 heteroatoms. The van der Waals surface area contributed by atoms with Crippen molar-refractivity contribution in [3.8, 4) is 0 Å². The summed E-state index contributed by atoms with van der Waals surface area (Å²) in [6, 6.07) is 2.01. The van der Waals surface area contributed by atoms with E-state index in [9.17, 15) is 0 Å². The number of aromatic nitrogens is 3. The largest absolute Gasteiger partial charge is 0.325 e. The third-order valence-electron chi connectivity index (χ3n) is 2.37. The van der Waals surface area contributed by atoms with Crippen LogP contribution in [0.2, 0.25) is 0 Å². The molecule has 0 saturated carbocycles. The van der Waals surface area contributed by atoms with E-state index in [1.54, 1.807) is 0 Å². The predicted molar refractivity (Wildman–Crippen MR) is 57.3 cm³/mol. The maximum absolute atomic E-state index is 4.39. The van der Waals surface area contributed by atoms with Crippen LogP contribution in [0.5, 0.6) is 0 Å². The average Bonchev–Trinajstić information content (AvgIpc) is 2.47. The average molecular weight is 189 g/mol. The van der Waals surface area contributed by atoms with Crippen LogP contribution in [0.4, 0.5) is 0 Å². The third kappa shape index (κ3) is 1.29. The highest BCUT2D eigenvalue weighted by Crippen LogP contribution is 2.22. The standard InChI is InChI=1S/C11H15N3/c1-8-10-9(5-6-12-8)14(7-13-10)11(2,3)4/h5-7H,1-4H3. The molecular weight excluding hydrogens is 174 g/mol. The van der Waals surface area contributed by atoms with Gasteiger partial charge in [0.05, 0.1) is 17.5 Å². The molecule has 0 aliphatic rings. The Morgan fingerprint density at radius 2 is 1.93 bits per heavy atom. The van der Waals surface area contributed by atoms with Crippen molar-refractivity contribution < 1.29 is 0 Å². The van der Waals surface area contributed by atoms with Crippen LogP contribution in [0, 0.1) is 6.92 Å². The van der Waals surface area contributed by atoms with Crippen molar-refractivity contribution in [3.05, 3.63) is 24.3 Å². The molecule has 0 spiro atoms. The zero-order valence-corrected chi connectivity index (χ0v) is 9.07. The first-order chi connectivity index (χ1) is 6.50. The highest BCUT2D eigenvalue weighted by Gasteiger charge is 2.16. The Hall–Kier alpha value is -1.38. The highest BCUT2D eigenvalue weighted by atomic mass is 15.1. The molecule has 74 valence electrons. The maximum atomic E-state index is 4.39. The van der Waals surface area contributed by atoms with Gasteiger partial charge in [0.15, 0.2) is 0 Å². The number of fused-ring (bicyclic) bond motifs is 1. The lowest BCUT2D eigenvalue weighted by Crippen LogP contribution is -2.20. The summed E-state index contributed by atoms with van der Waals surface area (Å²) in [4.78, 5) is 8.61. The molecule has 0 fully saturated rings. The van der Waals surface area contributed by atoms with E-state index in [0.717, 1.165) is 16.7 Å². The number of nitrogens with zero attached hydrogens (tertiary/aromatic N) is 3. The molecule has 0 saturated heterocycles. The van der Waals surface area contributed by atoms with Crippen molar-refractivity contribution in [2.24, 2.45) is 0 Å². The first-order valence-electron chi connectivity index (χ1n) is 4.79. The molecule has 0 N–H and O–H groups in total. The topological polar surface area (TPSA) is 30.7 Å². The van der Waals surface area contributed by atoms with Gasteiger partial charge in [-0.3, -0.25) is 4.98 Å². The fourth-order valence-electron chi connectivity index (χ4n) is 1.61. The van der Waals surface area contributed by atoms with Gasteiger partial charge in [0.1, 0.15) is 5.52 Å². The van der Waals surface area contributed by atoms with Crippen LogP contribution in [-0.2, 0) is 5.54 Å². The molecule has 0 atom stereocenters. The van der Waals surface area contributed by atoms with Crippen molar-refractivity contribution in [2.75, 3.05) is 0 Å². The first kappa shape index (κ1) is 9.19. The molecule has 3 nitrogen and oxygen atoms in total. The zero-order chi connectivity index (χ0) is 10.3. The molecule has 0 aromatic carbocycles. The van der Waals surface area contributed by atoms with Crippen molar-refractivity contribution in [3.63, 3.8) is 0 Å². The number of hydrogen-bond donors (Lipinski definition) is 0. The van der Waals surface area contributed by atoms with Gasteiger partial charge in [0.2, 0.25) is 0 Å². The molecule has 2 heterocycles. The summed E-state index contributed by atoms with van der Waals surface area (Å²) >= 11 is 0. The maximum Gasteiger partial charge on any atom is 0.110 e. The van der Waals surface area contributed by atoms with E-state index in [2.05, 4.69) is 35.3 Å².